The molecule has 0 aromatic carbocycles. The minimum atomic E-state index is 0.543. The first-order valence-corrected chi connectivity index (χ1v) is 9.46. The molecule has 2 fully saturated rings. The van der Waals surface area contributed by atoms with Crippen LogP contribution in [0.3, 0.4) is 0 Å². The van der Waals surface area contributed by atoms with Gasteiger partial charge in [-0.15, -0.1) is 0 Å². The quantitative estimate of drug-likeness (QED) is 0.793. The van der Waals surface area contributed by atoms with E-state index >= 15 is 0 Å². The third kappa shape index (κ3) is 4.47. The van der Waals surface area contributed by atoms with Crippen LogP contribution in [0.4, 0.5) is 17.6 Å². The van der Waals surface area contributed by atoms with Crippen molar-refractivity contribution in [1.82, 2.24) is 15.3 Å². The number of hydrogen-bond donors (Lipinski definition) is 2. The minimum Gasteiger partial charge on any atom is -0.362 e. The van der Waals surface area contributed by atoms with E-state index in [1.807, 2.05) is 0 Å². The lowest BCUT2D eigenvalue weighted by Gasteiger charge is -2.22. The Morgan fingerprint density at radius 1 is 1.04 bits per heavy atom. The van der Waals surface area contributed by atoms with Crippen molar-refractivity contribution in [3.63, 3.8) is 0 Å². The Kier molecular flexibility index (Phi) is 5.71. The predicted octanol–water partition coefficient (Wildman–Crippen LogP) is 2.62. The zero-order valence-electron chi connectivity index (χ0n) is 14.7. The molecule has 0 bridgehead atoms. The number of rotatable bonds is 5. The van der Waals surface area contributed by atoms with E-state index in [1.165, 1.54) is 25.7 Å². The summed E-state index contributed by atoms with van der Waals surface area (Å²) in [6, 6.07) is 2.13. The van der Waals surface area contributed by atoms with Gasteiger partial charge in [0.15, 0.2) is 5.11 Å². The number of nitrogens with one attached hydrogen (secondary N) is 2. The molecule has 2 aliphatic heterocycles. The maximum absolute atomic E-state index is 5.38. The summed E-state index contributed by atoms with van der Waals surface area (Å²) in [5, 5.41) is 6.98. The van der Waals surface area contributed by atoms with Gasteiger partial charge in [-0.2, -0.15) is 9.97 Å². The van der Waals surface area contributed by atoms with Crippen molar-refractivity contribution in [3.05, 3.63) is 6.07 Å². The van der Waals surface area contributed by atoms with Crippen molar-refractivity contribution >= 4 is 34.9 Å². The van der Waals surface area contributed by atoms with Crippen LogP contribution in [0.2, 0.25) is 0 Å². The molecule has 132 valence electrons. The number of anilines is 3. The monoisotopic (exact) mass is 348 g/mol. The molecule has 1 aromatic heterocycles. The fourth-order valence-electron chi connectivity index (χ4n) is 3.14. The third-order valence-corrected chi connectivity index (χ3v) is 4.70. The Labute approximate surface area is 150 Å². The van der Waals surface area contributed by atoms with Crippen LogP contribution in [0.15, 0.2) is 6.07 Å². The number of nitrogens with zero attached hydrogens (tertiary/aromatic N) is 4. The van der Waals surface area contributed by atoms with Crippen molar-refractivity contribution in [3.8, 4) is 0 Å². The standard InChI is InChI=1S/C17H28N6S/c1-13(2)12-18-17(24)21-16-19-14(22-7-3-4-8-22)11-15(20-16)23-9-5-6-10-23/h11,13H,3-10,12H2,1-2H3,(H2,18,19,20,21,24). The fraction of sp³-hybridized carbons (Fsp3) is 0.706. The summed E-state index contributed by atoms with van der Waals surface area (Å²) >= 11 is 5.38. The van der Waals surface area contributed by atoms with Gasteiger partial charge in [0, 0.05) is 38.8 Å². The summed E-state index contributed by atoms with van der Waals surface area (Å²) in [6.07, 6.45) is 4.95. The smallest absolute Gasteiger partial charge is 0.232 e. The van der Waals surface area contributed by atoms with Crippen LogP contribution in [0, 0.1) is 5.92 Å². The summed E-state index contributed by atoms with van der Waals surface area (Å²) in [7, 11) is 0. The maximum Gasteiger partial charge on any atom is 0.232 e. The highest BCUT2D eigenvalue weighted by atomic mass is 32.1. The average molecular weight is 349 g/mol. The van der Waals surface area contributed by atoms with Crippen molar-refractivity contribution in [2.24, 2.45) is 5.92 Å². The van der Waals surface area contributed by atoms with Crippen LogP contribution in [0.25, 0.3) is 0 Å². The van der Waals surface area contributed by atoms with Gasteiger partial charge < -0.3 is 20.4 Å². The zero-order chi connectivity index (χ0) is 16.9. The molecule has 2 saturated heterocycles. The van der Waals surface area contributed by atoms with E-state index in [1.54, 1.807) is 0 Å². The second-order valence-electron chi connectivity index (χ2n) is 7.03. The van der Waals surface area contributed by atoms with Gasteiger partial charge in [-0.3, -0.25) is 0 Å². The molecule has 3 heterocycles. The first-order chi connectivity index (χ1) is 11.6. The molecule has 2 aliphatic rings. The number of aromatic nitrogens is 2. The molecule has 0 aliphatic carbocycles. The number of thiocarbonyl (C=S) groups is 1. The predicted molar refractivity (Wildman–Crippen MR) is 104 cm³/mol. The lowest BCUT2D eigenvalue weighted by Crippen LogP contribution is -2.32. The average Bonchev–Trinajstić information content (AvgIpc) is 3.25. The summed E-state index contributed by atoms with van der Waals surface area (Å²) in [4.78, 5) is 14.1. The third-order valence-electron chi connectivity index (χ3n) is 4.46. The zero-order valence-corrected chi connectivity index (χ0v) is 15.5. The Bertz CT molecular complexity index is 530. The van der Waals surface area contributed by atoms with Gasteiger partial charge in [0.2, 0.25) is 5.95 Å². The summed E-state index contributed by atoms with van der Waals surface area (Å²) < 4.78 is 0. The van der Waals surface area contributed by atoms with E-state index in [-0.39, 0.29) is 0 Å². The van der Waals surface area contributed by atoms with E-state index in [9.17, 15) is 0 Å². The van der Waals surface area contributed by atoms with Crippen LogP contribution in [-0.4, -0.2) is 47.8 Å². The largest absolute Gasteiger partial charge is 0.362 e. The van der Waals surface area contributed by atoms with Crippen LogP contribution in [-0.2, 0) is 0 Å². The van der Waals surface area contributed by atoms with E-state index in [0.29, 0.717) is 17.0 Å². The molecule has 0 radical (unpaired) electrons. The van der Waals surface area contributed by atoms with Crippen LogP contribution >= 0.6 is 12.2 Å². The van der Waals surface area contributed by atoms with E-state index in [4.69, 9.17) is 22.2 Å². The molecule has 6 nitrogen and oxygen atoms in total. The molecule has 7 heteroatoms. The van der Waals surface area contributed by atoms with Crippen molar-refractivity contribution in [2.45, 2.75) is 39.5 Å². The van der Waals surface area contributed by atoms with Gasteiger partial charge >= 0.3 is 0 Å². The molecule has 1 aromatic rings. The van der Waals surface area contributed by atoms with Crippen molar-refractivity contribution < 1.29 is 0 Å². The van der Waals surface area contributed by atoms with Crippen molar-refractivity contribution in [2.75, 3.05) is 47.8 Å². The van der Waals surface area contributed by atoms with Gasteiger partial charge in [0.1, 0.15) is 11.6 Å². The molecule has 0 amide bonds. The molecule has 3 rings (SSSR count). The molecule has 0 spiro atoms. The van der Waals surface area contributed by atoms with E-state index < -0.39 is 0 Å². The minimum absolute atomic E-state index is 0.543. The van der Waals surface area contributed by atoms with E-state index in [0.717, 1.165) is 44.4 Å². The second-order valence-corrected chi connectivity index (χ2v) is 7.43. The molecular weight excluding hydrogens is 320 g/mol. The Morgan fingerprint density at radius 2 is 1.54 bits per heavy atom. The molecule has 2 N–H and O–H groups in total. The lowest BCUT2D eigenvalue weighted by atomic mass is 10.2. The SMILES string of the molecule is CC(C)CNC(=S)Nc1nc(N2CCCC2)cc(N2CCCC2)n1. The Morgan fingerprint density at radius 3 is 2.00 bits per heavy atom. The molecule has 0 saturated carbocycles. The lowest BCUT2D eigenvalue weighted by molar-refractivity contribution is 0.627. The van der Waals surface area contributed by atoms with Gasteiger partial charge in [-0.05, 0) is 43.8 Å². The molecule has 24 heavy (non-hydrogen) atoms. The first kappa shape index (κ1) is 17.2. The first-order valence-electron chi connectivity index (χ1n) is 9.05. The van der Waals surface area contributed by atoms with Crippen LogP contribution < -0.4 is 20.4 Å². The van der Waals surface area contributed by atoms with Crippen LogP contribution in [0.1, 0.15) is 39.5 Å². The summed E-state index contributed by atoms with van der Waals surface area (Å²) in [5.41, 5.74) is 0. The normalized spacial score (nSPS) is 17.6. The van der Waals surface area contributed by atoms with Gasteiger partial charge in [-0.25, -0.2) is 0 Å². The van der Waals surface area contributed by atoms with E-state index in [2.05, 4.69) is 40.3 Å². The summed E-state index contributed by atoms with van der Waals surface area (Å²) in [6.45, 7) is 9.46. The highest BCUT2D eigenvalue weighted by Crippen LogP contribution is 2.26. The molecular formula is C17H28N6S. The fourth-order valence-corrected chi connectivity index (χ4v) is 3.31. The number of hydrogen-bond acceptors (Lipinski definition) is 5. The van der Waals surface area contributed by atoms with Gasteiger partial charge in [-0.1, -0.05) is 13.8 Å². The Balaban J connectivity index is 1.77. The van der Waals surface area contributed by atoms with Gasteiger partial charge in [0.25, 0.3) is 0 Å². The highest BCUT2D eigenvalue weighted by molar-refractivity contribution is 7.80. The topological polar surface area (TPSA) is 56.3 Å². The highest BCUT2D eigenvalue weighted by Gasteiger charge is 2.20. The van der Waals surface area contributed by atoms with Crippen molar-refractivity contribution in [1.29, 1.82) is 0 Å². The van der Waals surface area contributed by atoms with Crippen LogP contribution in [0.5, 0.6) is 0 Å². The summed E-state index contributed by atoms with van der Waals surface area (Å²) in [5.74, 6) is 3.17. The Hall–Kier alpha value is -1.63. The molecule has 0 unspecified atom stereocenters. The van der Waals surface area contributed by atoms with Gasteiger partial charge in [0.05, 0.1) is 0 Å². The second kappa shape index (κ2) is 7.96. The molecule has 0 atom stereocenters. The maximum atomic E-state index is 5.38.